The van der Waals surface area contributed by atoms with Crippen LogP contribution in [0.5, 0.6) is 0 Å². The minimum Gasteiger partial charge on any atom is -0.394 e. The third kappa shape index (κ3) is 3.74. The van der Waals surface area contributed by atoms with Crippen molar-refractivity contribution in [2.45, 2.75) is 38.3 Å². The Hall–Kier alpha value is -0.610. The van der Waals surface area contributed by atoms with E-state index < -0.39 is 0 Å². The number of carbonyl (C=O) groups is 1. The number of hydrogen-bond donors (Lipinski definition) is 3. The highest BCUT2D eigenvalue weighted by Crippen LogP contribution is 2.08. The van der Waals surface area contributed by atoms with Gasteiger partial charge in [0.05, 0.1) is 6.61 Å². The van der Waals surface area contributed by atoms with E-state index >= 15 is 0 Å². The van der Waals surface area contributed by atoms with Crippen LogP contribution >= 0.6 is 0 Å². The highest BCUT2D eigenvalue weighted by atomic mass is 16.3. The molecule has 1 saturated heterocycles. The van der Waals surface area contributed by atoms with Crippen molar-refractivity contribution in [3.8, 4) is 0 Å². The average Bonchev–Trinajstić information content (AvgIpc) is 2.56. The van der Waals surface area contributed by atoms with E-state index in [2.05, 4.69) is 10.6 Å². The third-order valence-electron chi connectivity index (χ3n) is 2.28. The minimum atomic E-state index is -0.131. The summed E-state index contributed by atoms with van der Waals surface area (Å²) >= 11 is 0. The van der Waals surface area contributed by atoms with Crippen molar-refractivity contribution >= 4 is 5.91 Å². The molecular formula is C9H18N2O2. The maximum absolute atomic E-state index is 11.3. The number of aliphatic hydroxyl groups is 1. The molecule has 0 spiro atoms. The summed E-state index contributed by atoms with van der Waals surface area (Å²) in [6.07, 6.45) is 2.78. The minimum absolute atomic E-state index is 0.00380. The largest absolute Gasteiger partial charge is 0.394 e. The molecule has 1 heterocycles. The molecule has 4 heteroatoms. The fourth-order valence-electron chi connectivity index (χ4n) is 1.53. The fraction of sp³-hybridized carbons (Fsp3) is 0.889. The molecule has 1 aliphatic heterocycles. The topological polar surface area (TPSA) is 61.4 Å². The van der Waals surface area contributed by atoms with Gasteiger partial charge in [-0.25, -0.2) is 0 Å². The van der Waals surface area contributed by atoms with Crippen LogP contribution in [0.25, 0.3) is 0 Å². The Morgan fingerprint density at radius 2 is 2.54 bits per heavy atom. The highest BCUT2D eigenvalue weighted by molar-refractivity contribution is 5.76. The van der Waals surface area contributed by atoms with Crippen LogP contribution < -0.4 is 10.6 Å². The lowest BCUT2D eigenvalue weighted by atomic mass is 10.1. The Morgan fingerprint density at radius 1 is 1.77 bits per heavy atom. The van der Waals surface area contributed by atoms with Gasteiger partial charge in [-0.15, -0.1) is 0 Å². The van der Waals surface area contributed by atoms with E-state index in [0.717, 1.165) is 19.4 Å². The van der Waals surface area contributed by atoms with Crippen LogP contribution in [-0.4, -0.2) is 36.2 Å². The second kappa shape index (κ2) is 5.19. The van der Waals surface area contributed by atoms with Gasteiger partial charge < -0.3 is 15.7 Å². The summed E-state index contributed by atoms with van der Waals surface area (Å²) in [6.45, 7) is 2.82. The Labute approximate surface area is 78.7 Å². The molecular weight excluding hydrogens is 168 g/mol. The lowest BCUT2D eigenvalue weighted by Crippen LogP contribution is -2.38. The summed E-state index contributed by atoms with van der Waals surface area (Å²) in [5, 5.41) is 14.7. The summed E-state index contributed by atoms with van der Waals surface area (Å²) < 4.78 is 0. The Morgan fingerprint density at radius 3 is 3.08 bits per heavy atom. The van der Waals surface area contributed by atoms with Gasteiger partial charge in [-0.05, 0) is 26.3 Å². The van der Waals surface area contributed by atoms with Gasteiger partial charge in [-0.1, -0.05) is 0 Å². The molecule has 1 fully saturated rings. The first-order valence-electron chi connectivity index (χ1n) is 4.86. The summed E-state index contributed by atoms with van der Waals surface area (Å²) in [7, 11) is 0. The quantitative estimate of drug-likeness (QED) is 0.561. The maximum atomic E-state index is 11.3. The second-order valence-electron chi connectivity index (χ2n) is 3.65. The molecule has 0 radical (unpaired) electrons. The molecule has 13 heavy (non-hydrogen) atoms. The van der Waals surface area contributed by atoms with Crippen LogP contribution in [0.2, 0.25) is 0 Å². The van der Waals surface area contributed by atoms with Crippen LogP contribution in [0.1, 0.15) is 26.2 Å². The van der Waals surface area contributed by atoms with E-state index in [1.165, 1.54) is 0 Å². The Balaban J connectivity index is 2.16. The maximum Gasteiger partial charge on any atom is 0.221 e. The summed E-state index contributed by atoms with van der Waals surface area (Å²) in [5.74, 6) is 0.0287. The zero-order valence-corrected chi connectivity index (χ0v) is 8.05. The van der Waals surface area contributed by atoms with Crippen molar-refractivity contribution in [3.63, 3.8) is 0 Å². The number of hydrogen-bond acceptors (Lipinski definition) is 3. The molecule has 0 aromatic heterocycles. The standard InChI is InChI=1S/C9H18N2O2/c1-7(6-12)11-9(13)5-8-3-2-4-10-8/h7-8,10,12H,2-6H2,1H3,(H,11,13). The predicted octanol–water partition coefficient (Wildman–Crippen LogP) is -0.374. The van der Waals surface area contributed by atoms with E-state index in [0.29, 0.717) is 12.5 Å². The average molecular weight is 186 g/mol. The zero-order chi connectivity index (χ0) is 9.68. The van der Waals surface area contributed by atoms with Gasteiger partial charge in [0.15, 0.2) is 0 Å². The zero-order valence-electron chi connectivity index (χ0n) is 8.05. The molecule has 3 N–H and O–H groups in total. The van der Waals surface area contributed by atoms with Gasteiger partial charge in [0.25, 0.3) is 0 Å². The number of amides is 1. The van der Waals surface area contributed by atoms with Crippen molar-refractivity contribution in [3.05, 3.63) is 0 Å². The van der Waals surface area contributed by atoms with Gasteiger partial charge in [-0.2, -0.15) is 0 Å². The van der Waals surface area contributed by atoms with E-state index in [1.807, 2.05) is 0 Å². The number of aliphatic hydroxyl groups excluding tert-OH is 1. The first kappa shape index (κ1) is 10.5. The Kier molecular flexibility index (Phi) is 4.18. The summed E-state index contributed by atoms with van der Waals surface area (Å²) in [4.78, 5) is 11.3. The van der Waals surface area contributed by atoms with Crippen molar-refractivity contribution in [2.24, 2.45) is 0 Å². The lowest BCUT2D eigenvalue weighted by molar-refractivity contribution is -0.122. The fourth-order valence-corrected chi connectivity index (χ4v) is 1.53. The second-order valence-corrected chi connectivity index (χ2v) is 3.65. The van der Waals surface area contributed by atoms with Crippen molar-refractivity contribution < 1.29 is 9.90 Å². The van der Waals surface area contributed by atoms with Crippen LogP contribution in [0, 0.1) is 0 Å². The molecule has 76 valence electrons. The molecule has 2 unspecified atom stereocenters. The van der Waals surface area contributed by atoms with E-state index in [9.17, 15) is 4.79 Å². The smallest absolute Gasteiger partial charge is 0.221 e. The molecule has 0 saturated carbocycles. The van der Waals surface area contributed by atoms with Crippen LogP contribution in [0.3, 0.4) is 0 Å². The molecule has 0 aromatic carbocycles. The summed E-state index contributed by atoms with van der Waals surface area (Å²) in [6, 6.07) is 0.208. The molecule has 0 aromatic rings. The van der Waals surface area contributed by atoms with Crippen LogP contribution in [0.4, 0.5) is 0 Å². The molecule has 1 rings (SSSR count). The normalized spacial score (nSPS) is 24.3. The summed E-state index contributed by atoms with van der Waals surface area (Å²) in [5.41, 5.74) is 0. The van der Waals surface area contributed by atoms with Gasteiger partial charge >= 0.3 is 0 Å². The molecule has 0 bridgehead atoms. The first-order valence-corrected chi connectivity index (χ1v) is 4.86. The molecule has 1 amide bonds. The lowest BCUT2D eigenvalue weighted by Gasteiger charge is -2.13. The number of nitrogens with one attached hydrogen (secondary N) is 2. The van der Waals surface area contributed by atoms with Crippen molar-refractivity contribution in [1.29, 1.82) is 0 Å². The number of carbonyl (C=O) groups excluding carboxylic acids is 1. The molecule has 1 aliphatic rings. The van der Waals surface area contributed by atoms with Crippen molar-refractivity contribution in [1.82, 2.24) is 10.6 Å². The van der Waals surface area contributed by atoms with Gasteiger partial charge in [-0.3, -0.25) is 4.79 Å². The molecule has 0 aliphatic carbocycles. The highest BCUT2D eigenvalue weighted by Gasteiger charge is 2.18. The number of rotatable bonds is 4. The monoisotopic (exact) mass is 186 g/mol. The Bertz CT molecular complexity index is 167. The van der Waals surface area contributed by atoms with E-state index in [4.69, 9.17) is 5.11 Å². The first-order chi connectivity index (χ1) is 6.22. The molecule has 4 nitrogen and oxygen atoms in total. The van der Waals surface area contributed by atoms with Crippen LogP contribution in [-0.2, 0) is 4.79 Å². The third-order valence-corrected chi connectivity index (χ3v) is 2.28. The van der Waals surface area contributed by atoms with Gasteiger partial charge in [0.1, 0.15) is 0 Å². The molecule has 2 atom stereocenters. The van der Waals surface area contributed by atoms with Gasteiger partial charge in [0.2, 0.25) is 5.91 Å². The van der Waals surface area contributed by atoms with E-state index in [-0.39, 0.29) is 18.6 Å². The van der Waals surface area contributed by atoms with Crippen LogP contribution in [0.15, 0.2) is 0 Å². The van der Waals surface area contributed by atoms with Crippen molar-refractivity contribution in [2.75, 3.05) is 13.2 Å². The predicted molar refractivity (Wildman–Crippen MR) is 50.3 cm³/mol. The van der Waals surface area contributed by atoms with E-state index in [1.54, 1.807) is 6.92 Å². The SMILES string of the molecule is CC(CO)NC(=O)CC1CCCN1. The van der Waals surface area contributed by atoms with Gasteiger partial charge in [0, 0.05) is 18.5 Å².